The van der Waals surface area contributed by atoms with E-state index in [4.69, 9.17) is 11.6 Å². The summed E-state index contributed by atoms with van der Waals surface area (Å²) in [7, 11) is 0. The van der Waals surface area contributed by atoms with E-state index in [0.717, 1.165) is 24.3 Å². The van der Waals surface area contributed by atoms with Crippen LogP contribution in [-0.4, -0.2) is 18.4 Å². The minimum atomic E-state index is -1.06. The molecule has 0 atom stereocenters. The number of carbonyl (C=O) groups excluding carboxylic acids is 2. The number of nitrogens with one attached hydrogen (secondary N) is 2. The maximum Gasteiger partial charge on any atom is 0.257 e. The number of hydrogen-bond acceptors (Lipinski definition) is 2. The lowest BCUT2D eigenvalue weighted by atomic mass is 10.2. The van der Waals surface area contributed by atoms with Gasteiger partial charge in [0.05, 0.1) is 11.6 Å². The second kappa shape index (κ2) is 7.15. The standard InChI is InChI=1S/C15H10ClF3N2O2/c16-9-6-8(4-5-10(9)17)21-13(22)7-20-15(23)14-11(18)2-1-3-12(14)19/h1-6H,7H2,(H,20,23)(H,21,22). The molecule has 0 saturated heterocycles. The molecule has 0 bridgehead atoms. The smallest absolute Gasteiger partial charge is 0.257 e. The minimum Gasteiger partial charge on any atom is -0.343 e. The summed E-state index contributed by atoms with van der Waals surface area (Å²) in [5.41, 5.74) is -0.558. The van der Waals surface area contributed by atoms with E-state index in [1.54, 1.807) is 0 Å². The maximum absolute atomic E-state index is 13.4. The van der Waals surface area contributed by atoms with Crippen LogP contribution in [0.3, 0.4) is 0 Å². The van der Waals surface area contributed by atoms with Crippen LogP contribution >= 0.6 is 11.6 Å². The Morgan fingerprint density at radius 2 is 1.65 bits per heavy atom. The summed E-state index contributed by atoms with van der Waals surface area (Å²) >= 11 is 5.56. The van der Waals surface area contributed by atoms with Crippen molar-refractivity contribution in [2.24, 2.45) is 0 Å². The Morgan fingerprint density at radius 1 is 1.00 bits per heavy atom. The Labute approximate surface area is 134 Å². The Kier molecular flexibility index (Phi) is 5.23. The molecule has 2 amide bonds. The van der Waals surface area contributed by atoms with Crippen molar-refractivity contribution >= 4 is 29.1 Å². The molecule has 2 aromatic carbocycles. The molecule has 23 heavy (non-hydrogen) atoms. The zero-order chi connectivity index (χ0) is 17.0. The van der Waals surface area contributed by atoms with Crippen LogP contribution < -0.4 is 10.6 Å². The molecular weight excluding hydrogens is 333 g/mol. The maximum atomic E-state index is 13.4. The number of amides is 2. The van der Waals surface area contributed by atoms with Crippen LogP contribution in [0.2, 0.25) is 5.02 Å². The molecular formula is C15H10ClF3N2O2. The molecule has 0 aliphatic rings. The SMILES string of the molecule is O=C(CNC(=O)c1c(F)cccc1F)Nc1ccc(F)c(Cl)c1. The summed E-state index contributed by atoms with van der Waals surface area (Å²) < 4.78 is 39.8. The van der Waals surface area contributed by atoms with Crippen molar-refractivity contribution in [3.8, 4) is 0 Å². The summed E-state index contributed by atoms with van der Waals surface area (Å²) in [5, 5.41) is 4.26. The summed E-state index contributed by atoms with van der Waals surface area (Å²) in [6.45, 7) is -0.526. The van der Waals surface area contributed by atoms with E-state index in [0.29, 0.717) is 0 Å². The van der Waals surface area contributed by atoms with Gasteiger partial charge in [0.25, 0.3) is 5.91 Å². The lowest BCUT2D eigenvalue weighted by molar-refractivity contribution is -0.115. The molecule has 2 aromatic rings. The second-order valence-corrected chi connectivity index (χ2v) is 4.86. The Hall–Kier alpha value is -2.54. The van der Waals surface area contributed by atoms with Gasteiger partial charge in [-0.05, 0) is 30.3 Å². The highest BCUT2D eigenvalue weighted by Crippen LogP contribution is 2.19. The van der Waals surface area contributed by atoms with Gasteiger partial charge in [0.1, 0.15) is 23.0 Å². The molecule has 0 unspecified atom stereocenters. The quantitative estimate of drug-likeness (QED) is 0.897. The highest BCUT2D eigenvalue weighted by Gasteiger charge is 2.17. The molecule has 0 fully saturated rings. The molecule has 0 aliphatic heterocycles. The number of benzene rings is 2. The fraction of sp³-hybridized carbons (Fsp3) is 0.0667. The highest BCUT2D eigenvalue weighted by molar-refractivity contribution is 6.31. The largest absolute Gasteiger partial charge is 0.343 e. The summed E-state index contributed by atoms with van der Waals surface area (Å²) in [6, 6.07) is 6.50. The van der Waals surface area contributed by atoms with Gasteiger partial charge in [-0.1, -0.05) is 17.7 Å². The first-order valence-electron chi connectivity index (χ1n) is 6.35. The van der Waals surface area contributed by atoms with Crippen molar-refractivity contribution in [1.29, 1.82) is 0 Å². The van der Waals surface area contributed by atoms with Crippen molar-refractivity contribution in [2.75, 3.05) is 11.9 Å². The molecule has 0 radical (unpaired) electrons. The Balaban J connectivity index is 1.96. The molecule has 8 heteroatoms. The van der Waals surface area contributed by atoms with Gasteiger partial charge in [-0.25, -0.2) is 13.2 Å². The summed E-state index contributed by atoms with van der Waals surface area (Å²) in [6.07, 6.45) is 0. The molecule has 2 rings (SSSR count). The molecule has 4 nitrogen and oxygen atoms in total. The average molecular weight is 343 g/mol. The number of rotatable bonds is 4. The van der Waals surface area contributed by atoms with Crippen LogP contribution in [0, 0.1) is 17.5 Å². The molecule has 0 heterocycles. The number of anilines is 1. The second-order valence-electron chi connectivity index (χ2n) is 4.46. The van der Waals surface area contributed by atoms with Crippen molar-refractivity contribution in [2.45, 2.75) is 0 Å². The van der Waals surface area contributed by atoms with Gasteiger partial charge in [0.15, 0.2) is 0 Å². The predicted molar refractivity (Wildman–Crippen MR) is 78.7 cm³/mol. The lowest BCUT2D eigenvalue weighted by Crippen LogP contribution is -2.33. The Morgan fingerprint density at radius 3 is 2.26 bits per heavy atom. The van der Waals surface area contributed by atoms with Crippen LogP contribution in [0.5, 0.6) is 0 Å². The van der Waals surface area contributed by atoms with Crippen LogP contribution in [0.25, 0.3) is 0 Å². The fourth-order valence-electron chi connectivity index (χ4n) is 1.74. The van der Waals surface area contributed by atoms with E-state index in [1.807, 2.05) is 0 Å². The van der Waals surface area contributed by atoms with Gasteiger partial charge in [-0.15, -0.1) is 0 Å². The van der Waals surface area contributed by atoms with E-state index >= 15 is 0 Å². The summed E-state index contributed by atoms with van der Waals surface area (Å²) in [5.74, 6) is -4.44. The van der Waals surface area contributed by atoms with Gasteiger partial charge >= 0.3 is 0 Å². The topological polar surface area (TPSA) is 58.2 Å². The number of halogens is 4. The number of carbonyl (C=O) groups is 2. The molecule has 0 spiro atoms. The molecule has 0 aliphatic carbocycles. The van der Waals surface area contributed by atoms with E-state index in [2.05, 4.69) is 10.6 Å². The lowest BCUT2D eigenvalue weighted by Gasteiger charge is -2.08. The average Bonchev–Trinajstić information content (AvgIpc) is 2.49. The number of hydrogen-bond donors (Lipinski definition) is 2. The van der Waals surface area contributed by atoms with Gasteiger partial charge in [-0.2, -0.15) is 0 Å². The molecule has 2 N–H and O–H groups in total. The van der Waals surface area contributed by atoms with Crippen molar-refractivity contribution in [3.05, 3.63) is 64.4 Å². The fourth-order valence-corrected chi connectivity index (χ4v) is 1.92. The first-order valence-corrected chi connectivity index (χ1v) is 6.73. The first kappa shape index (κ1) is 16.8. The van der Waals surface area contributed by atoms with E-state index in [9.17, 15) is 22.8 Å². The summed E-state index contributed by atoms with van der Waals surface area (Å²) in [4.78, 5) is 23.4. The van der Waals surface area contributed by atoms with E-state index in [-0.39, 0.29) is 10.7 Å². The van der Waals surface area contributed by atoms with Crippen molar-refractivity contribution < 1.29 is 22.8 Å². The highest BCUT2D eigenvalue weighted by atomic mass is 35.5. The van der Waals surface area contributed by atoms with Crippen molar-refractivity contribution in [1.82, 2.24) is 5.32 Å². The van der Waals surface area contributed by atoms with E-state index < -0.39 is 41.4 Å². The van der Waals surface area contributed by atoms with E-state index in [1.165, 1.54) is 12.1 Å². The van der Waals surface area contributed by atoms with Gasteiger partial charge in [-0.3, -0.25) is 9.59 Å². The van der Waals surface area contributed by atoms with Gasteiger partial charge in [0, 0.05) is 5.69 Å². The first-order chi connectivity index (χ1) is 10.9. The zero-order valence-corrected chi connectivity index (χ0v) is 12.3. The third-order valence-corrected chi connectivity index (χ3v) is 3.09. The monoisotopic (exact) mass is 342 g/mol. The van der Waals surface area contributed by atoms with Crippen LogP contribution in [0.15, 0.2) is 36.4 Å². The molecule has 0 aromatic heterocycles. The predicted octanol–water partition coefficient (Wildman–Crippen LogP) is 3.13. The van der Waals surface area contributed by atoms with Gasteiger partial charge < -0.3 is 10.6 Å². The normalized spacial score (nSPS) is 10.3. The van der Waals surface area contributed by atoms with Crippen LogP contribution in [0.1, 0.15) is 10.4 Å². The zero-order valence-electron chi connectivity index (χ0n) is 11.5. The molecule has 0 saturated carbocycles. The minimum absolute atomic E-state index is 0.180. The van der Waals surface area contributed by atoms with Crippen molar-refractivity contribution in [3.63, 3.8) is 0 Å². The van der Waals surface area contributed by atoms with Crippen LogP contribution in [0.4, 0.5) is 18.9 Å². The van der Waals surface area contributed by atoms with Gasteiger partial charge in [0.2, 0.25) is 5.91 Å². The Bertz CT molecular complexity index is 748. The van der Waals surface area contributed by atoms with Crippen LogP contribution in [-0.2, 0) is 4.79 Å². The third-order valence-electron chi connectivity index (χ3n) is 2.80. The third kappa shape index (κ3) is 4.23. The molecule has 120 valence electrons.